The van der Waals surface area contributed by atoms with Gasteiger partial charge in [-0.25, -0.2) is 9.59 Å². The van der Waals surface area contributed by atoms with Gasteiger partial charge in [-0.05, 0) is 31.6 Å². The molecule has 2 saturated carbocycles. The molecule has 0 aromatic heterocycles. The van der Waals surface area contributed by atoms with Gasteiger partial charge in [0.05, 0.1) is 29.8 Å². The molecule has 11 heteroatoms. The van der Waals surface area contributed by atoms with Gasteiger partial charge < -0.3 is 33.5 Å². The zero-order chi connectivity index (χ0) is 29.5. The van der Waals surface area contributed by atoms with E-state index in [4.69, 9.17) is 28.4 Å². The molecule has 0 radical (unpaired) electrons. The first-order valence-corrected chi connectivity index (χ1v) is 13.8. The number of hydrogen-bond acceptors (Lipinski definition) is 11. The summed E-state index contributed by atoms with van der Waals surface area (Å²) >= 11 is 0. The highest BCUT2D eigenvalue weighted by Crippen LogP contribution is 2.63. The maximum absolute atomic E-state index is 14.7. The molecule has 41 heavy (non-hydrogen) atoms. The Kier molecular flexibility index (Phi) is 6.37. The van der Waals surface area contributed by atoms with Crippen LogP contribution in [0.5, 0.6) is 0 Å². The van der Waals surface area contributed by atoms with Crippen molar-refractivity contribution in [3.63, 3.8) is 0 Å². The molecule has 10 atom stereocenters. The summed E-state index contributed by atoms with van der Waals surface area (Å²) in [5, 5.41) is 11.7. The summed E-state index contributed by atoms with van der Waals surface area (Å²) in [4.78, 5) is 53.8. The van der Waals surface area contributed by atoms with Crippen LogP contribution in [0.15, 0.2) is 41.5 Å². The Morgan fingerprint density at radius 3 is 2.41 bits per heavy atom. The molecule has 2 heterocycles. The van der Waals surface area contributed by atoms with Crippen molar-refractivity contribution >= 4 is 23.9 Å². The van der Waals surface area contributed by atoms with Gasteiger partial charge >= 0.3 is 18.1 Å². The molecule has 1 aromatic carbocycles. The number of carbonyl (C=O) groups is 4. The number of ether oxygens (including phenoxy) is 6. The van der Waals surface area contributed by atoms with Crippen LogP contribution in [0.1, 0.15) is 50.9 Å². The fourth-order valence-electron chi connectivity index (χ4n) is 8.13. The second-order valence-corrected chi connectivity index (χ2v) is 12.0. The number of carbonyl (C=O) groups excluding carboxylic acids is 4. The third-order valence-electron chi connectivity index (χ3n) is 10.2. The first kappa shape index (κ1) is 27.9. The minimum Gasteiger partial charge on any atom is -0.454 e. The van der Waals surface area contributed by atoms with Crippen LogP contribution < -0.4 is 0 Å². The molecule has 2 aliphatic heterocycles. The van der Waals surface area contributed by atoms with Gasteiger partial charge in [0.2, 0.25) is 0 Å². The maximum atomic E-state index is 14.7. The van der Waals surface area contributed by atoms with Crippen molar-refractivity contribution in [2.24, 2.45) is 17.3 Å². The molecule has 220 valence electrons. The van der Waals surface area contributed by atoms with Crippen LogP contribution in [0.3, 0.4) is 0 Å². The number of rotatable bonds is 4. The molecule has 1 aromatic rings. The third-order valence-corrected chi connectivity index (χ3v) is 10.2. The van der Waals surface area contributed by atoms with Gasteiger partial charge in [-0.2, -0.15) is 0 Å². The monoisotopic (exact) mass is 570 g/mol. The highest BCUT2D eigenvalue weighted by atomic mass is 16.8. The SMILES string of the molecule is CO[C@@]12COC1CC(O)C1(C)C(=O)C(OC(C)=O)C3=C(C)CC4OC(=O)OC4(C3C)[C@@H](OC(=O)c3ccccc3)C12. The smallest absolute Gasteiger partial charge is 0.454 e. The van der Waals surface area contributed by atoms with Crippen molar-refractivity contribution in [3.05, 3.63) is 47.0 Å². The number of fused-ring (bicyclic) bond motifs is 4. The van der Waals surface area contributed by atoms with E-state index in [1.54, 1.807) is 51.1 Å². The highest BCUT2D eigenvalue weighted by molar-refractivity contribution is 5.95. The van der Waals surface area contributed by atoms with Gasteiger partial charge in [0, 0.05) is 38.7 Å². The summed E-state index contributed by atoms with van der Waals surface area (Å²) in [5.41, 5.74) is -3.15. The van der Waals surface area contributed by atoms with Crippen LogP contribution in [0, 0.1) is 17.3 Å². The quantitative estimate of drug-likeness (QED) is 0.324. The molecule has 0 amide bonds. The summed E-state index contributed by atoms with van der Waals surface area (Å²) in [6, 6.07) is 8.33. The number of hydrogen-bond donors (Lipinski definition) is 1. The van der Waals surface area contributed by atoms with E-state index in [2.05, 4.69) is 0 Å². The van der Waals surface area contributed by atoms with Crippen molar-refractivity contribution < 1.29 is 52.7 Å². The Hall–Kier alpha value is -3.28. The molecule has 11 nitrogen and oxygen atoms in total. The Morgan fingerprint density at radius 1 is 1.10 bits per heavy atom. The van der Waals surface area contributed by atoms with E-state index < -0.39 is 82.8 Å². The number of benzene rings is 1. The maximum Gasteiger partial charge on any atom is 0.509 e. The van der Waals surface area contributed by atoms with Gasteiger partial charge in [-0.3, -0.25) is 9.59 Å². The lowest BCUT2D eigenvalue weighted by atomic mass is 9.47. The van der Waals surface area contributed by atoms with Crippen LogP contribution >= 0.6 is 0 Å². The zero-order valence-electron chi connectivity index (χ0n) is 23.6. The Morgan fingerprint density at radius 2 is 1.80 bits per heavy atom. The van der Waals surface area contributed by atoms with Crippen LogP contribution in [0.2, 0.25) is 0 Å². The number of methoxy groups -OCH3 is 1. The topological polar surface area (TPSA) is 144 Å². The standard InChI is InChI=1S/C30H34O11/c1-14-11-20-30(41-27(35)39-20)15(2)21(14)22(38-16(3)31)24(33)28(4)18(32)12-19-29(36-5,13-37-19)23(28)25(30)40-26(34)17-9-7-6-8-10-17/h6-10,15,18-20,22-23,25,32H,11-13H2,1-5H3/t15?,18?,19?,20?,22?,23?,25-,28?,29-,30?/m0/s1. The van der Waals surface area contributed by atoms with Crippen molar-refractivity contribution in [2.45, 2.75) is 82.3 Å². The van der Waals surface area contributed by atoms with Crippen molar-refractivity contribution in [2.75, 3.05) is 13.7 Å². The minimum absolute atomic E-state index is 0.0394. The van der Waals surface area contributed by atoms with Gasteiger partial charge in [-0.15, -0.1) is 0 Å². The first-order valence-electron chi connectivity index (χ1n) is 13.8. The molecular weight excluding hydrogens is 536 g/mol. The number of aliphatic hydroxyl groups is 1. The second kappa shape index (κ2) is 9.37. The average molecular weight is 571 g/mol. The normalized spacial score (nSPS) is 42.7. The fourth-order valence-corrected chi connectivity index (χ4v) is 8.13. The van der Waals surface area contributed by atoms with Crippen molar-refractivity contribution in [3.8, 4) is 0 Å². The molecule has 5 aliphatic rings. The van der Waals surface area contributed by atoms with E-state index in [9.17, 15) is 24.3 Å². The van der Waals surface area contributed by atoms with Crippen LogP contribution in [0.4, 0.5) is 4.79 Å². The Labute approximate surface area is 237 Å². The van der Waals surface area contributed by atoms with Gasteiger partial charge in [0.25, 0.3) is 0 Å². The molecule has 8 unspecified atom stereocenters. The Bertz CT molecular complexity index is 1330. The van der Waals surface area contributed by atoms with Crippen molar-refractivity contribution in [1.82, 2.24) is 0 Å². The van der Waals surface area contributed by atoms with E-state index in [-0.39, 0.29) is 25.0 Å². The molecule has 2 bridgehead atoms. The van der Waals surface area contributed by atoms with Gasteiger partial charge in [-0.1, -0.05) is 30.7 Å². The molecular formula is C30H34O11. The molecule has 2 saturated heterocycles. The second-order valence-electron chi connectivity index (χ2n) is 12.0. The lowest BCUT2D eigenvalue weighted by Gasteiger charge is -2.66. The number of aliphatic hydroxyl groups excluding tert-OH is 1. The number of ketones is 1. The lowest BCUT2D eigenvalue weighted by Crippen LogP contribution is -2.81. The highest BCUT2D eigenvalue weighted by Gasteiger charge is 2.79. The van der Waals surface area contributed by atoms with Crippen LogP contribution in [0.25, 0.3) is 0 Å². The summed E-state index contributed by atoms with van der Waals surface area (Å²) in [6.45, 7) is 6.35. The number of Topliss-reactive ketones (excluding diaryl/α,β-unsaturated/α-hetero) is 1. The molecule has 1 N–H and O–H groups in total. The third kappa shape index (κ3) is 3.61. The van der Waals surface area contributed by atoms with Gasteiger partial charge in [0.1, 0.15) is 5.60 Å². The predicted molar refractivity (Wildman–Crippen MR) is 138 cm³/mol. The zero-order valence-corrected chi connectivity index (χ0v) is 23.6. The molecule has 3 aliphatic carbocycles. The first-order chi connectivity index (χ1) is 19.4. The van der Waals surface area contributed by atoms with Crippen molar-refractivity contribution in [1.29, 1.82) is 0 Å². The summed E-state index contributed by atoms with van der Waals surface area (Å²) in [5.74, 6) is -3.81. The van der Waals surface area contributed by atoms with E-state index in [1.165, 1.54) is 14.0 Å². The Balaban J connectivity index is 1.64. The fraction of sp³-hybridized carbons (Fsp3) is 0.600. The average Bonchev–Trinajstić information content (AvgIpc) is 3.27. The predicted octanol–water partition coefficient (Wildman–Crippen LogP) is 2.53. The van der Waals surface area contributed by atoms with Gasteiger partial charge in [0.15, 0.2) is 29.7 Å². The van der Waals surface area contributed by atoms with E-state index >= 15 is 0 Å². The van der Waals surface area contributed by atoms with E-state index in [0.29, 0.717) is 11.1 Å². The van der Waals surface area contributed by atoms with E-state index in [0.717, 1.165) is 0 Å². The minimum atomic E-state index is -1.69. The van der Waals surface area contributed by atoms with Crippen LogP contribution in [-0.4, -0.2) is 84.4 Å². The number of esters is 2. The lowest BCUT2D eigenvalue weighted by molar-refractivity contribution is -0.346. The molecule has 1 spiro atoms. The molecule has 6 rings (SSSR count). The summed E-state index contributed by atoms with van der Waals surface area (Å²) in [6.07, 6.45) is -6.27. The van der Waals surface area contributed by atoms with E-state index in [1.807, 2.05) is 0 Å². The summed E-state index contributed by atoms with van der Waals surface area (Å²) < 4.78 is 35.8. The largest absolute Gasteiger partial charge is 0.509 e. The van der Waals surface area contributed by atoms with Crippen LogP contribution in [-0.2, 0) is 38.0 Å². The summed E-state index contributed by atoms with van der Waals surface area (Å²) in [7, 11) is 1.47. The molecule has 4 fully saturated rings.